The Bertz CT molecular complexity index is 153. The second kappa shape index (κ2) is 7.24. The third-order valence-corrected chi connectivity index (χ3v) is 3.34. The van der Waals surface area contributed by atoms with E-state index in [0.717, 1.165) is 19.1 Å². The van der Waals surface area contributed by atoms with E-state index in [2.05, 4.69) is 26.1 Å². The molecule has 0 aromatic rings. The van der Waals surface area contributed by atoms with Gasteiger partial charge in [-0.05, 0) is 44.6 Å². The zero-order valence-corrected chi connectivity index (χ0v) is 10.6. The van der Waals surface area contributed by atoms with Crippen LogP contribution in [0.1, 0.15) is 52.9 Å². The first kappa shape index (κ1) is 13.0. The lowest BCUT2D eigenvalue weighted by Gasteiger charge is -2.22. The van der Waals surface area contributed by atoms with E-state index in [-0.39, 0.29) is 0 Å². The van der Waals surface area contributed by atoms with Crippen molar-refractivity contribution in [2.75, 3.05) is 13.2 Å². The lowest BCUT2D eigenvalue weighted by Crippen LogP contribution is -2.33. The lowest BCUT2D eigenvalue weighted by molar-refractivity contribution is 0.101. The van der Waals surface area contributed by atoms with Crippen LogP contribution in [0.3, 0.4) is 0 Å². The van der Waals surface area contributed by atoms with Gasteiger partial charge in [-0.2, -0.15) is 0 Å². The zero-order valence-electron chi connectivity index (χ0n) is 10.6. The van der Waals surface area contributed by atoms with Gasteiger partial charge in [0, 0.05) is 12.6 Å². The van der Waals surface area contributed by atoms with Crippen LogP contribution < -0.4 is 5.32 Å². The van der Waals surface area contributed by atoms with Crippen LogP contribution in [0.15, 0.2) is 0 Å². The van der Waals surface area contributed by atoms with E-state index in [1.165, 1.54) is 32.1 Å². The van der Waals surface area contributed by atoms with Crippen molar-refractivity contribution in [1.82, 2.24) is 5.32 Å². The number of rotatable bonds is 7. The molecule has 1 heterocycles. The minimum absolute atomic E-state index is 0.569. The Morgan fingerprint density at radius 1 is 1.40 bits per heavy atom. The lowest BCUT2D eigenvalue weighted by atomic mass is 9.97. The fraction of sp³-hybridized carbons (Fsp3) is 1.00. The van der Waals surface area contributed by atoms with Crippen LogP contribution in [0.5, 0.6) is 0 Å². The summed E-state index contributed by atoms with van der Waals surface area (Å²) < 4.78 is 5.63. The summed E-state index contributed by atoms with van der Waals surface area (Å²) in [7, 11) is 0. The smallest absolute Gasteiger partial charge is 0.0576 e. The molecule has 1 fully saturated rings. The molecule has 1 saturated heterocycles. The van der Waals surface area contributed by atoms with Crippen LogP contribution >= 0.6 is 0 Å². The Kier molecular flexibility index (Phi) is 6.26. The van der Waals surface area contributed by atoms with Crippen LogP contribution in [0.25, 0.3) is 0 Å². The molecule has 0 radical (unpaired) electrons. The van der Waals surface area contributed by atoms with Crippen molar-refractivity contribution in [3.63, 3.8) is 0 Å². The summed E-state index contributed by atoms with van der Waals surface area (Å²) in [5, 5.41) is 3.57. The SMILES string of the molecule is CCNC(CCCC1CCCO1)C(C)C. The van der Waals surface area contributed by atoms with Gasteiger partial charge in [-0.15, -0.1) is 0 Å². The van der Waals surface area contributed by atoms with Crippen molar-refractivity contribution in [2.24, 2.45) is 5.92 Å². The minimum atomic E-state index is 0.569. The fourth-order valence-corrected chi connectivity index (χ4v) is 2.37. The molecule has 0 aliphatic carbocycles. The van der Waals surface area contributed by atoms with Gasteiger partial charge in [-0.1, -0.05) is 20.8 Å². The molecule has 2 atom stereocenters. The molecule has 1 aliphatic heterocycles. The zero-order chi connectivity index (χ0) is 11.1. The van der Waals surface area contributed by atoms with E-state index < -0.39 is 0 Å². The van der Waals surface area contributed by atoms with Crippen LogP contribution in [0.4, 0.5) is 0 Å². The van der Waals surface area contributed by atoms with Gasteiger partial charge in [-0.25, -0.2) is 0 Å². The van der Waals surface area contributed by atoms with Gasteiger partial charge in [-0.3, -0.25) is 0 Å². The third-order valence-electron chi connectivity index (χ3n) is 3.34. The molecular weight excluding hydrogens is 186 g/mol. The van der Waals surface area contributed by atoms with Crippen LogP contribution in [-0.2, 0) is 4.74 Å². The van der Waals surface area contributed by atoms with Crippen molar-refractivity contribution in [3.05, 3.63) is 0 Å². The second-order valence-electron chi connectivity index (χ2n) is 4.97. The van der Waals surface area contributed by atoms with Crippen LogP contribution in [0.2, 0.25) is 0 Å². The normalized spacial score (nSPS) is 23.6. The average Bonchev–Trinajstić information content (AvgIpc) is 2.69. The molecule has 15 heavy (non-hydrogen) atoms. The Balaban J connectivity index is 2.09. The summed E-state index contributed by atoms with van der Waals surface area (Å²) in [6.45, 7) is 8.88. The Hall–Kier alpha value is -0.0800. The third kappa shape index (κ3) is 4.98. The molecule has 0 aromatic heterocycles. The number of hydrogen-bond acceptors (Lipinski definition) is 2. The maximum Gasteiger partial charge on any atom is 0.0576 e. The summed E-state index contributed by atoms with van der Waals surface area (Å²) in [6, 6.07) is 0.691. The summed E-state index contributed by atoms with van der Waals surface area (Å²) >= 11 is 0. The molecule has 2 unspecified atom stereocenters. The Labute approximate surface area is 94.8 Å². The van der Waals surface area contributed by atoms with Gasteiger partial charge < -0.3 is 10.1 Å². The Morgan fingerprint density at radius 2 is 2.20 bits per heavy atom. The van der Waals surface area contributed by atoms with Crippen molar-refractivity contribution in [3.8, 4) is 0 Å². The van der Waals surface area contributed by atoms with Crippen molar-refractivity contribution in [1.29, 1.82) is 0 Å². The molecule has 0 aromatic carbocycles. The predicted octanol–water partition coefficient (Wildman–Crippen LogP) is 2.97. The maximum atomic E-state index is 5.63. The fourth-order valence-electron chi connectivity index (χ4n) is 2.37. The van der Waals surface area contributed by atoms with Gasteiger partial charge in [0.05, 0.1) is 6.10 Å². The Morgan fingerprint density at radius 3 is 2.73 bits per heavy atom. The number of hydrogen-bond donors (Lipinski definition) is 1. The van der Waals surface area contributed by atoms with E-state index >= 15 is 0 Å². The highest BCUT2D eigenvalue weighted by Crippen LogP contribution is 2.19. The van der Waals surface area contributed by atoms with Gasteiger partial charge >= 0.3 is 0 Å². The molecule has 1 N–H and O–H groups in total. The molecule has 1 rings (SSSR count). The molecule has 1 aliphatic rings. The quantitative estimate of drug-likeness (QED) is 0.702. The van der Waals surface area contributed by atoms with Gasteiger partial charge in [0.2, 0.25) is 0 Å². The average molecular weight is 213 g/mol. The molecule has 0 bridgehead atoms. The summed E-state index contributed by atoms with van der Waals surface area (Å²) in [5.74, 6) is 0.745. The van der Waals surface area contributed by atoms with E-state index in [0.29, 0.717) is 12.1 Å². The first-order valence-corrected chi connectivity index (χ1v) is 6.59. The molecule has 90 valence electrons. The van der Waals surface area contributed by atoms with E-state index in [1.807, 2.05) is 0 Å². The topological polar surface area (TPSA) is 21.3 Å². The van der Waals surface area contributed by atoms with Crippen LogP contribution in [0, 0.1) is 5.92 Å². The molecule has 2 nitrogen and oxygen atoms in total. The first-order valence-electron chi connectivity index (χ1n) is 6.59. The van der Waals surface area contributed by atoms with Gasteiger partial charge in [0.1, 0.15) is 0 Å². The van der Waals surface area contributed by atoms with E-state index in [9.17, 15) is 0 Å². The highest BCUT2D eigenvalue weighted by molar-refractivity contribution is 4.72. The van der Waals surface area contributed by atoms with E-state index in [4.69, 9.17) is 4.74 Å². The van der Waals surface area contributed by atoms with E-state index in [1.54, 1.807) is 0 Å². The molecule has 2 heteroatoms. The van der Waals surface area contributed by atoms with Gasteiger partial charge in [0.25, 0.3) is 0 Å². The summed E-state index contributed by atoms with van der Waals surface area (Å²) in [5.41, 5.74) is 0. The maximum absolute atomic E-state index is 5.63. The van der Waals surface area contributed by atoms with Crippen molar-refractivity contribution in [2.45, 2.75) is 65.0 Å². The monoisotopic (exact) mass is 213 g/mol. The number of nitrogens with one attached hydrogen (secondary N) is 1. The molecule has 0 saturated carbocycles. The summed E-state index contributed by atoms with van der Waals surface area (Å²) in [6.07, 6.45) is 6.99. The number of ether oxygens (including phenoxy) is 1. The predicted molar refractivity (Wildman–Crippen MR) is 65.1 cm³/mol. The van der Waals surface area contributed by atoms with Crippen molar-refractivity contribution < 1.29 is 4.74 Å². The molecule has 0 spiro atoms. The van der Waals surface area contributed by atoms with Crippen LogP contribution in [-0.4, -0.2) is 25.3 Å². The standard InChI is InChI=1S/C13H27NO/c1-4-14-13(11(2)3)9-5-7-12-8-6-10-15-12/h11-14H,4-10H2,1-3H3. The highest BCUT2D eigenvalue weighted by Gasteiger charge is 2.17. The first-order chi connectivity index (χ1) is 7.24. The van der Waals surface area contributed by atoms with Gasteiger partial charge in [0.15, 0.2) is 0 Å². The second-order valence-corrected chi connectivity index (χ2v) is 4.97. The molecular formula is C13H27NO. The minimum Gasteiger partial charge on any atom is -0.378 e. The summed E-state index contributed by atoms with van der Waals surface area (Å²) in [4.78, 5) is 0. The van der Waals surface area contributed by atoms with Crippen molar-refractivity contribution >= 4 is 0 Å². The highest BCUT2D eigenvalue weighted by atomic mass is 16.5. The largest absolute Gasteiger partial charge is 0.378 e. The molecule has 0 amide bonds.